The third kappa shape index (κ3) is 5.27. The zero-order valence-corrected chi connectivity index (χ0v) is 14.4. The van der Waals surface area contributed by atoms with Crippen LogP contribution >= 0.6 is 34.8 Å². The van der Waals surface area contributed by atoms with Crippen LogP contribution in [0.2, 0.25) is 0 Å². The van der Waals surface area contributed by atoms with Crippen molar-refractivity contribution in [3.8, 4) is 0 Å². The summed E-state index contributed by atoms with van der Waals surface area (Å²) in [5.74, 6) is -0.918. The summed E-state index contributed by atoms with van der Waals surface area (Å²) < 4.78 is 11.1. The van der Waals surface area contributed by atoms with E-state index in [-0.39, 0.29) is 5.56 Å². The molecule has 2 N–H and O–H groups in total. The quantitative estimate of drug-likeness (QED) is 0.602. The maximum absolute atomic E-state index is 12.9. The molecule has 0 heterocycles. The highest BCUT2D eigenvalue weighted by Gasteiger charge is 2.34. The number of anilines is 1. The first kappa shape index (κ1) is 17.9. The standard InChI is InChI=1S/C16H14Cl3FN2O/c1-10-2-8-13(9-3-10)21-15(16(17,18)19)22-14(23)11-4-6-12(20)7-5-11/h2-9,15,21H,1H3,(H,22,23). The van der Waals surface area contributed by atoms with Crippen LogP contribution in [0.4, 0.5) is 10.1 Å². The van der Waals surface area contributed by atoms with Gasteiger partial charge in [0.25, 0.3) is 5.91 Å². The Bertz CT molecular complexity index is 669. The van der Waals surface area contributed by atoms with E-state index in [1.807, 2.05) is 31.2 Å². The van der Waals surface area contributed by atoms with E-state index in [0.29, 0.717) is 5.69 Å². The van der Waals surface area contributed by atoms with E-state index in [1.54, 1.807) is 0 Å². The average molecular weight is 376 g/mol. The van der Waals surface area contributed by atoms with Crippen LogP contribution in [0.5, 0.6) is 0 Å². The molecule has 2 rings (SSSR count). The molecule has 0 aromatic heterocycles. The Morgan fingerprint density at radius 1 is 1.04 bits per heavy atom. The van der Waals surface area contributed by atoms with Gasteiger partial charge < -0.3 is 10.6 Å². The van der Waals surface area contributed by atoms with Gasteiger partial charge in [-0.05, 0) is 43.3 Å². The fourth-order valence-corrected chi connectivity index (χ4v) is 2.16. The zero-order chi connectivity index (χ0) is 17.0. The summed E-state index contributed by atoms with van der Waals surface area (Å²) in [5, 5.41) is 5.54. The molecular formula is C16H14Cl3FN2O. The summed E-state index contributed by atoms with van der Waals surface area (Å²) in [4.78, 5) is 12.2. The van der Waals surface area contributed by atoms with E-state index in [2.05, 4.69) is 10.6 Å². The second kappa shape index (κ2) is 7.39. The number of aryl methyl sites for hydroxylation is 1. The summed E-state index contributed by atoms with van der Waals surface area (Å²) in [5.41, 5.74) is 2.03. The van der Waals surface area contributed by atoms with Crippen molar-refractivity contribution >= 4 is 46.4 Å². The van der Waals surface area contributed by atoms with Gasteiger partial charge in [0.05, 0.1) is 0 Å². The lowest BCUT2D eigenvalue weighted by molar-refractivity contribution is 0.0942. The van der Waals surface area contributed by atoms with Crippen LogP contribution in [-0.2, 0) is 0 Å². The predicted molar refractivity (Wildman–Crippen MR) is 92.7 cm³/mol. The van der Waals surface area contributed by atoms with Crippen molar-refractivity contribution in [3.63, 3.8) is 0 Å². The molecule has 0 spiro atoms. The fraction of sp³-hybridized carbons (Fsp3) is 0.188. The summed E-state index contributed by atoms with van der Waals surface area (Å²) >= 11 is 17.8. The third-order valence-corrected chi connectivity index (χ3v) is 3.73. The van der Waals surface area contributed by atoms with Crippen LogP contribution < -0.4 is 10.6 Å². The third-order valence-electron chi connectivity index (χ3n) is 3.07. The van der Waals surface area contributed by atoms with Crippen LogP contribution in [0, 0.1) is 12.7 Å². The van der Waals surface area contributed by atoms with E-state index >= 15 is 0 Å². The van der Waals surface area contributed by atoms with E-state index in [9.17, 15) is 9.18 Å². The predicted octanol–water partition coefficient (Wildman–Crippen LogP) is 4.67. The molecule has 3 nitrogen and oxygen atoms in total. The van der Waals surface area contributed by atoms with Gasteiger partial charge in [0.2, 0.25) is 3.79 Å². The molecule has 0 aliphatic heterocycles. The second-order valence-corrected chi connectivity index (χ2v) is 7.33. The Morgan fingerprint density at radius 3 is 2.13 bits per heavy atom. The Balaban J connectivity index is 2.14. The molecule has 0 radical (unpaired) electrons. The van der Waals surface area contributed by atoms with Crippen molar-refractivity contribution in [2.75, 3.05) is 5.32 Å². The van der Waals surface area contributed by atoms with Gasteiger partial charge in [-0.3, -0.25) is 4.79 Å². The summed E-state index contributed by atoms with van der Waals surface area (Å²) in [6.07, 6.45) is -0.965. The van der Waals surface area contributed by atoms with Crippen molar-refractivity contribution < 1.29 is 9.18 Å². The van der Waals surface area contributed by atoms with Crippen LogP contribution in [0.3, 0.4) is 0 Å². The summed E-state index contributed by atoms with van der Waals surface area (Å²) in [7, 11) is 0. The number of halogens is 4. The minimum absolute atomic E-state index is 0.261. The lowest BCUT2D eigenvalue weighted by Gasteiger charge is -2.27. The van der Waals surface area contributed by atoms with Gasteiger partial charge in [0.15, 0.2) is 0 Å². The first-order valence-corrected chi connectivity index (χ1v) is 7.85. The largest absolute Gasteiger partial charge is 0.362 e. The maximum Gasteiger partial charge on any atom is 0.252 e. The molecule has 2 aromatic carbocycles. The molecule has 1 unspecified atom stereocenters. The number of rotatable bonds is 4. The molecule has 0 aliphatic rings. The van der Waals surface area contributed by atoms with Crippen LogP contribution in [0.15, 0.2) is 48.5 Å². The normalized spacial score (nSPS) is 12.6. The first-order chi connectivity index (χ1) is 10.8. The van der Waals surface area contributed by atoms with Gasteiger partial charge in [-0.15, -0.1) is 0 Å². The topological polar surface area (TPSA) is 41.1 Å². The molecule has 0 saturated carbocycles. The molecule has 1 amide bonds. The molecular weight excluding hydrogens is 362 g/mol. The number of carbonyl (C=O) groups is 1. The smallest absolute Gasteiger partial charge is 0.252 e. The molecule has 0 fully saturated rings. The highest BCUT2D eigenvalue weighted by atomic mass is 35.6. The number of amides is 1. The van der Waals surface area contributed by atoms with Crippen molar-refractivity contribution in [2.24, 2.45) is 0 Å². The lowest BCUT2D eigenvalue weighted by atomic mass is 10.2. The monoisotopic (exact) mass is 374 g/mol. The number of carbonyl (C=O) groups excluding carboxylic acids is 1. The van der Waals surface area contributed by atoms with E-state index < -0.39 is 21.7 Å². The van der Waals surface area contributed by atoms with Gasteiger partial charge >= 0.3 is 0 Å². The van der Waals surface area contributed by atoms with Gasteiger partial charge in [0, 0.05) is 11.3 Å². The number of benzene rings is 2. The van der Waals surface area contributed by atoms with Gasteiger partial charge in [-0.2, -0.15) is 0 Å². The molecule has 0 saturated heterocycles. The van der Waals surface area contributed by atoms with Crippen LogP contribution in [0.1, 0.15) is 15.9 Å². The van der Waals surface area contributed by atoms with E-state index in [4.69, 9.17) is 34.8 Å². The van der Waals surface area contributed by atoms with E-state index in [1.165, 1.54) is 24.3 Å². The molecule has 0 bridgehead atoms. The molecule has 0 aliphatic carbocycles. The molecule has 1 atom stereocenters. The lowest BCUT2D eigenvalue weighted by Crippen LogP contribution is -2.49. The fourth-order valence-electron chi connectivity index (χ4n) is 1.83. The summed E-state index contributed by atoms with van der Waals surface area (Å²) in [6, 6.07) is 12.5. The van der Waals surface area contributed by atoms with Crippen molar-refractivity contribution in [1.82, 2.24) is 5.32 Å². The number of hydrogen-bond acceptors (Lipinski definition) is 2. The molecule has 7 heteroatoms. The Hall–Kier alpha value is -1.49. The van der Waals surface area contributed by atoms with Gasteiger partial charge in [-0.1, -0.05) is 52.5 Å². The van der Waals surface area contributed by atoms with Gasteiger partial charge in [0.1, 0.15) is 12.0 Å². The number of hydrogen-bond donors (Lipinski definition) is 2. The Morgan fingerprint density at radius 2 is 1.61 bits per heavy atom. The zero-order valence-electron chi connectivity index (χ0n) is 12.1. The maximum atomic E-state index is 12.9. The van der Waals surface area contributed by atoms with Crippen LogP contribution in [0.25, 0.3) is 0 Å². The highest BCUT2D eigenvalue weighted by molar-refractivity contribution is 6.68. The second-order valence-electron chi connectivity index (χ2n) is 4.97. The van der Waals surface area contributed by atoms with Crippen LogP contribution in [-0.4, -0.2) is 15.9 Å². The Kier molecular flexibility index (Phi) is 5.74. The average Bonchev–Trinajstić information content (AvgIpc) is 2.48. The Labute approximate surface area is 148 Å². The number of alkyl halides is 3. The van der Waals surface area contributed by atoms with Crippen molar-refractivity contribution in [1.29, 1.82) is 0 Å². The van der Waals surface area contributed by atoms with Gasteiger partial charge in [-0.25, -0.2) is 4.39 Å². The van der Waals surface area contributed by atoms with Crippen molar-refractivity contribution in [2.45, 2.75) is 16.9 Å². The summed E-state index contributed by atoms with van der Waals surface area (Å²) in [6.45, 7) is 1.95. The molecule has 2 aromatic rings. The minimum Gasteiger partial charge on any atom is -0.362 e. The highest BCUT2D eigenvalue weighted by Crippen LogP contribution is 2.31. The molecule has 122 valence electrons. The number of nitrogens with one attached hydrogen (secondary N) is 2. The SMILES string of the molecule is Cc1ccc(NC(NC(=O)c2ccc(F)cc2)C(Cl)(Cl)Cl)cc1. The minimum atomic E-state index is -1.78. The molecule has 23 heavy (non-hydrogen) atoms. The first-order valence-electron chi connectivity index (χ1n) is 6.72. The van der Waals surface area contributed by atoms with Crippen molar-refractivity contribution in [3.05, 3.63) is 65.5 Å². The van der Waals surface area contributed by atoms with E-state index in [0.717, 1.165) is 5.56 Å².